The van der Waals surface area contributed by atoms with Gasteiger partial charge in [0.15, 0.2) is 0 Å². The van der Waals surface area contributed by atoms with Crippen molar-refractivity contribution < 1.29 is 9.59 Å². The summed E-state index contributed by atoms with van der Waals surface area (Å²) in [5, 5.41) is 2.75. The second-order valence-electron chi connectivity index (χ2n) is 4.56. The van der Waals surface area contributed by atoms with Crippen LogP contribution >= 0.6 is 15.9 Å². The molecule has 0 spiro atoms. The summed E-state index contributed by atoms with van der Waals surface area (Å²) in [7, 11) is 1.64. The van der Waals surface area contributed by atoms with Crippen LogP contribution in [0.4, 0.5) is 0 Å². The van der Waals surface area contributed by atoms with E-state index in [-0.39, 0.29) is 35.1 Å². The first-order valence-corrected chi connectivity index (χ1v) is 6.35. The highest BCUT2D eigenvalue weighted by Crippen LogP contribution is 2.14. The SMILES string of the molecule is CC(C)NC(=O)CN(C)C(=O)C(Br)C(C)C. The lowest BCUT2D eigenvalue weighted by atomic mass is 10.1. The summed E-state index contributed by atoms with van der Waals surface area (Å²) in [6, 6.07) is 0.0980. The Labute approximate surface area is 106 Å². The normalized spacial score (nSPS) is 12.8. The molecule has 0 aromatic heterocycles. The number of nitrogens with zero attached hydrogens (tertiary/aromatic N) is 1. The number of carbonyl (C=O) groups is 2. The van der Waals surface area contributed by atoms with Crippen LogP contribution in [-0.2, 0) is 9.59 Å². The highest BCUT2D eigenvalue weighted by atomic mass is 79.9. The summed E-state index contributed by atoms with van der Waals surface area (Å²) in [5.74, 6) is 0.0197. The molecule has 0 saturated carbocycles. The second kappa shape index (κ2) is 6.89. The first kappa shape index (κ1) is 15.4. The van der Waals surface area contributed by atoms with Crippen molar-refractivity contribution in [3.05, 3.63) is 0 Å². The van der Waals surface area contributed by atoms with E-state index in [1.54, 1.807) is 7.05 Å². The molecule has 0 heterocycles. The molecule has 0 aromatic rings. The van der Waals surface area contributed by atoms with E-state index in [1.165, 1.54) is 4.90 Å². The van der Waals surface area contributed by atoms with Gasteiger partial charge in [-0.3, -0.25) is 9.59 Å². The predicted octanol–water partition coefficient (Wildman–Crippen LogP) is 1.39. The molecule has 16 heavy (non-hydrogen) atoms. The van der Waals surface area contributed by atoms with E-state index >= 15 is 0 Å². The standard InChI is InChI=1S/C11H21BrN2O2/c1-7(2)10(12)11(16)14(5)6-9(15)13-8(3)4/h7-8,10H,6H2,1-5H3,(H,13,15). The van der Waals surface area contributed by atoms with Crippen molar-refractivity contribution in [1.29, 1.82) is 0 Å². The van der Waals surface area contributed by atoms with Gasteiger partial charge in [0.25, 0.3) is 0 Å². The summed E-state index contributed by atoms with van der Waals surface area (Å²) < 4.78 is 0. The molecule has 0 bridgehead atoms. The zero-order valence-corrected chi connectivity index (χ0v) is 12.2. The van der Waals surface area contributed by atoms with Crippen LogP contribution in [0.25, 0.3) is 0 Å². The quantitative estimate of drug-likeness (QED) is 0.779. The molecule has 94 valence electrons. The summed E-state index contributed by atoms with van der Waals surface area (Å²) in [5.41, 5.74) is 0. The number of rotatable bonds is 5. The lowest BCUT2D eigenvalue weighted by Gasteiger charge is -2.22. The van der Waals surface area contributed by atoms with Gasteiger partial charge in [0.2, 0.25) is 11.8 Å². The number of carbonyl (C=O) groups excluding carboxylic acids is 2. The second-order valence-corrected chi connectivity index (χ2v) is 5.55. The Hall–Kier alpha value is -0.580. The highest BCUT2D eigenvalue weighted by Gasteiger charge is 2.23. The molecule has 0 rings (SSSR count). The van der Waals surface area contributed by atoms with E-state index in [1.807, 2.05) is 27.7 Å². The van der Waals surface area contributed by atoms with Gasteiger partial charge in [-0.25, -0.2) is 0 Å². The van der Waals surface area contributed by atoms with Crippen molar-refractivity contribution in [2.24, 2.45) is 5.92 Å². The van der Waals surface area contributed by atoms with Crippen LogP contribution in [0.3, 0.4) is 0 Å². The van der Waals surface area contributed by atoms with Crippen LogP contribution in [0.5, 0.6) is 0 Å². The predicted molar refractivity (Wildman–Crippen MR) is 68.5 cm³/mol. The van der Waals surface area contributed by atoms with Gasteiger partial charge in [0.05, 0.1) is 11.4 Å². The van der Waals surface area contributed by atoms with Gasteiger partial charge >= 0.3 is 0 Å². The maximum atomic E-state index is 11.8. The van der Waals surface area contributed by atoms with Crippen LogP contribution in [-0.4, -0.2) is 41.2 Å². The molecule has 0 aliphatic carbocycles. The summed E-state index contributed by atoms with van der Waals surface area (Å²) >= 11 is 3.33. The zero-order chi connectivity index (χ0) is 12.9. The number of hydrogen-bond donors (Lipinski definition) is 1. The molecule has 0 saturated heterocycles. The molecule has 1 unspecified atom stereocenters. The zero-order valence-electron chi connectivity index (χ0n) is 10.6. The fraction of sp³-hybridized carbons (Fsp3) is 0.818. The Bertz CT molecular complexity index is 254. The van der Waals surface area contributed by atoms with Crippen LogP contribution < -0.4 is 5.32 Å². The number of amides is 2. The van der Waals surface area contributed by atoms with Gasteiger partial charge in [-0.05, 0) is 19.8 Å². The van der Waals surface area contributed by atoms with E-state index in [0.29, 0.717) is 0 Å². The number of likely N-dealkylation sites (N-methyl/N-ethyl adjacent to an activating group) is 1. The lowest BCUT2D eigenvalue weighted by molar-refractivity contribution is -0.134. The molecular formula is C11H21BrN2O2. The molecule has 0 aromatic carbocycles. The minimum absolute atomic E-state index is 0.0612. The summed E-state index contributed by atoms with van der Waals surface area (Å²) in [6.07, 6.45) is 0. The molecule has 5 heteroatoms. The molecule has 4 nitrogen and oxygen atoms in total. The first-order chi connectivity index (χ1) is 7.25. The van der Waals surface area contributed by atoms with Gasteiger partial charge in [0, 0.05) is 13.1 Å². The molecular weight excluding hydrogens is 272 g/mol. The van der Waals surface area contributed by atoms with Crippen molar-refractivity contribution in [1.82, 2.24) is 10.2 Å². The van der Waals surface area contributed by atoms with Gasteiger partial charge in [-0.15, -0.1) is 0 Å². The molecule has 1 atom stereocenters. The number of nitrogens with one attached hydrogen (secondary N) is 1. The Balaban J connectivity index is 4.20. The maximum Gasteiger partial charge on any atom is 0.239 e. The molecule has 0 aliphatic heterocycles. The summed E-state index contributed by atoms with van der Waals surface area (Å²) in [4.78, 5) is 24.5. The van der Waals surface area contributed by atoms with Crippen molar-refractivity contribution in [2.75, 3.05) is 13.6 Å². The van der Waals surface area contributed by atoms with Gasteiger partial charge in [-0.1, -0.05) is 29.8 Å². The van der Waals surface area contributed by atoms with E-state index in [9.17, 15) is 9.59 Å². The Morgan fingerprint density at radius 2 is 1.75 bits per heavy atom. The molecule has 0 fully saturated rings. The number of alkyl halides is 1. The van der Waals surface area contributed by atoms with Crippen molar-refractivity contribution >= 4 is 27.7 Å². The first-order valence-electron chi connectivity index (χ1n) is 5.44. The average molecular weight is 293 g/mol. The Morgan fingerprint density at radius 3 is 2.12 bits per heavy atom. The van der Waals surface area contributed by atoms with E-state index in [2.05, 4.69) is 21.2 Å². The smallest absolute Gasteiger partial charge is 0.239 e. The third-order valence-corrected chi connectivity index (χ3v) is 3.48. The average Bonchev–Trinajstić information content (AvgIpc) is 2.13. The van der Waals surface area contributed by atoms with Gasteiger partial charge < -0.3 is 10.2 Å². The van der Waals surface area contributed by atoms with Crippen LogP contribution in [0.2, 0.25) is 0 Å². The van der Waals surface area contributed by atoms with Gasteiger partial charge in [0.1, 0.15) is 0 Å². The third-order valence-electron chi connectivity index (χ3n) is 2.03. The minimum Gasteiger partial charge on any atom is -0.352 e. The van der Waals surface area contributed by atoms with Crippen molar-refractivity contribution in [2.45, 2.75) is 38.6 Å². The fourth-order valence-electron chi connectivity index (χ4n) is 1.16. The Morgan fingerprint density at radius 1 is 1.25 bits per heavy atom. The van der Waals surface area contributed by atoms with Crippen molar-refractivity contribution in [3.8, 4) is 0 Å². The largest absolute Gasteiger partial charge is 0.352 e. The summed E-state index contributed by atoms with van der Waals surface area (Å²) in [6.45, 7) is 7.80. The highest BCUT2D eigenvalue weighted by molar-refractivity contribution is 9.10. The molecule has 1 N–H and O–H groups in total. The maximum absolute atomic E-state index is 11.8. The topological polar surface area (TPSA) is 49.4 Å². The van der Waals surface area contributed by atoms with Crippen molar-refractivity contribution in [3.63, 3.8) is 0 Å². The number of halogens is 1. The van der Waals surface area contributed by atoms with Crippen LogP contribution in [0.1, 0.15) is 27.7 Å². The molecule has 2 amide bonds. The van der Waals surface area contributed by atoms with Crippen LogP contribution in [0.15, 0.2) is 0 Å². The minimum atomic E-state index is -0.232. The fourth-order valence-corrected chi connectivity index (χ4v) is 1.51. The van der Waals surface area contributed by atoms with Crippen LogP contribution in [0, 0.1) is 5.92 Å². The molecule has 0 radical (unpaired) electrons. The van der Waals surface area contributed by atoms with E-state index < -0.39 is 0 Å². The Kier molecular flexibility index (Phi) is 6.64. The van der Waals surface area contributed by atoms with E-state index in [0.717, 1.165) is 0 Å². The number of hydrogen-bond acceptors (Lipinski definition) is 2. The lowest BCUT2D eigenvalue weighted by Crippen LogP contribution is -2.44. The third kappa shape index (κ3) is 5.49. The molecule has 0 aliphatic rings. The monoisotopic (exact) mass is 292 g/mol. The van der Waals surface area contributed by atoms with E-state index in [4.69, 9.17) is 0 Å². The van der Waals surface area contributed by atoms with Gasteiger partial charge in [-0.2, -0.15) is 0 Å².